The number of nitrogens with one attached hydrogen (secondary N) is 1. The fraction of sp³-hybridized carbons (Fsp3) is 0.571. The number of rotatable bonds is 2. The molecular formula is C14H20N4O3. The van der Waals surface area contributed by atoms with Gasteiger partial charge in [0, 0.05) is 38.7 Å². The Kier molecular flexibility index (Phi) is 3.85. The van der Waals surface area contributed by atoms with E-state index in [0.29, 0.717) is 25.1 Å². The number of Topliss-reactive ketones (excluding diaryl/α,β-unsaturated/α-hetero) is 1. The van der Waals surface area contributed by atoms with Gasteiger partial charge in [0.25, 0.3) is 5.56 Å². The monoisotopic (exact) mass is 292 g/mol. The maximum absolute atomic E-state index is 11.8. The van der Waals surface area contributed by atoms with Crippen LogP contribution in [0.2, 0.25) is 0 Å². The van der Waals surface area contributed by atoms with Gasteiger partial charge >= 0.3 is 5.69 Å². The molecule has 0 unspecified atom stereocenters. The second-order valence-electron chi connectivity index (χ2n) is 6.29. The number of ketones is 1. The molecule has 7 nitrogen and oxygen atoms in total. The van der Waals surface area contributed by atoms with Gasteiger partial charge in [-0.3, -0.25) is 24.1 Å². The zero-order valence-corrected chi connectivity index (χ0v) is 12.8. The van der Waals surface area contributed by atoms with Crippen LogP contribution in [0.15, 0.2) is 20.8 Å². The van der Waals surface area contributed by atoms with Gasteiger partial charge in [0.05, 0.1) is 0 Å². The summed E-state index contributed by atoms with van der Waals surface area (Å²) in [5.74, 6) is 0.469. The largest absolute Gasteiger partial charge is 0.332 e. The third-order valence-electron chi connectivity index (χ3n) is 3.61. The van der Waals surface area contributed by atoms with Crippen molar-refractivity contribution in [3.05, 3.63) is 26.9 Å². The smallest absolute Gasteiger partial charge is 0.299 e. The molecule has 0 atom stereocenters. The number of nitrogens with zero attached hydrogens (tertiary/aromatic N) is 3. The normalized spacial score (nSPS) is 19.8. The summed E-state index contributed by atoms with van der Waals surface area (Å²) in [5.41, 5.74) is 2.55. The van der Waals surface area contributed by atoms with Crippen molar-refractivity contribution >= 4 is 17.3 Å². The average molecular weight is 292 g/mol. The van der Waals surface area contributed by atoms with Crippen molar-refractivity contribution in [3.63, 3.8) is 0 Å². The predicted octanol–water partition coefficient (Wildman–Crippen LogP) is 0.631. The number of carbonyl (C=O) groups is 1. The highest BCUT2D eigenvalue weighted by Gasteiger charge is 2.30. The Morgan fingerprint density at radius 3 is 2.43 bits per heavy atom. The highest BCUT2D eigenvalue weighted by atomic mass is 16.2. The zero-order chi connectivity index (χ0) is 15.8. The first-order valence-electron chi connectivity index (χ1n) is 6.80. The van der Waals surface area contributed by atoms with E-state index < -0.39 is 11.2 Å². The lowest BCUT2D eigenvalue weighted by molar-refractivity contribution is -0.120. The predicted molar refractivity (Wildman–Crippen MR) is 80.6 cm³/mol. The van der Waals surface area contributed by atoms with Crippen molar-refractivity contribution in [1.82, 2.24) is 9.13 Å². The molecule has 0 bridgehead atoms. The SMILES string of the molecule is Cn1c(N/N=C2\CC(=O)CC(C)(C)C2)cc(=O)n(C)c1=O. The van der Waals surface area contributed by atoms with Gasteiger partial charge in [-0.25, -0.2) is 4.79 Å². The molecule has 1 aromatic heterocycles. The maximum atomic E-state index is 11.8. The van der Waals surface area contributed by atoms with E-state index in [4.69, 9.17) is 0 Å². The van der Waals surface area contributed by atoms with Crippen LogP contribution in [0.4, 0.5) is 5.82 Å². The number of hydrogen-bond acceptors (Lipinski definition) is 5. The maximum Gasteiger partial charge on any atom is 0.332 e. The Hall–Kier alpha value is -2.18. The number of hydrazone groups is 1. The molecule has 0 radical (unpaired) electrons. The summed E-state index contributed by atoms with van der Waals surface area (Å²) in [6, 6.07) is 1.31. The number of carbonyl (C=O) groups excluding carboxylic acids is 1. The topological polar surface area (TPSA) is 85.5 Å². The number of aromatic nitrogens is 2. The van der Waals surface area contributed by atoms with E-state index >= 15 is 0 Å². The average Bonchev–Trinajstić information content (AvgIpc) is 2.36. The lowest BCUT2D eigenvalue weighted by atomic mass is 9.76. The van der Waals surface area contributed by atoms with Crippen molar-refractivity contribution in [2.24, 2.45) is 24.6 Å². The summed E-state index contributed by atoms with van der Waals surface area (Å²) in [7, 11) is 2.98. The summed E-state index contributed by atoms with van der Waals surface area (Å²) < 4.78 is 2.33. The van der Waals surface area contributed by atoms with Crippen LogP contribution in [0, 0.1) is 5.41 Å². The third-order valence-corrected chi connectivity index (χ3v) is 3.61. The molecule has 0 saturated heterocycles. The quantitative estimate of drug-likeness (QED) is 0.810. The molecule has 1 fully saturated rings. The standard InChI is InChI=1S/C14H20N4O3/c1-14(2)7-9(5-10(19)8-14)15-16-11-6-12(20)18(4)13(21)17(11)3/h6,16H,5,7-8H2,1-4H3/b15-9+. The zero-order valence-electron chi connectivity index (χ0n) is 12.8. The first kappa shape index (κ1) is 15.2. The summed E-state index contributed by atoms with van der Waals surface area (Å²) in [6.45, 7) is 4.04. The van der Waals surface area contributed by atoms with Gasteiger partial charge in [0.15, 0.2) is 0 Å². The minimum atomic E-state index is -0.426. The van der Waals surface area contributed by atoms with Gasteiger partial charge < -0.3 is 0 Å². The van der Waals surface area contributed by atoms with E-state index in [9.17, 15) is 14.4 Å². The van der Waals surface area contributed by atoms with Crippen LogP contribution in [-0.4, -0.2) is 20.6 Å². The molecule has 0 spiro atoms. The van der Waals surface area contributed by atoms with Gasteiger partial charge in [-0.1, -0.05) is 13.8 Å². The minimum absolute atomic E-state index is 0.103. The molecule has 1 aliphatic carbocycles. The van der Waals surface area contributed by atoms with Gasteiger partial charge in [0.2, 0.25) is 0 Å². The summed E-state index contributed by atoms with van der Waals surface area (Å²) in [6.07, 6.45) is 1.58. The molecule has 114 valence electrons. The van der Waals surface area contributed by atoms with Crippen LogP contribution in [0.1, 0.15) is 33.1 Å². The van der Waals surface area contributed by atoms with Crippen molar-refractivity contribution in [2.75, 3.05) is 5.43 Å². The Morgan fingerprint density at radius 2 is 1.81 bits per heavy atom. The first-order valence-corrected chi connectivity index (χ1v) is 6.80. The second-order valence-corrected chi connectivity index (χ2v) is 6.29. The van der Waals surface area contributed by atoms with Crippen LogP contribution >= 0.6 is 0 Å². The van der Waals surface area contributed by atoms with E-state index in [1.54, 1.807) is 7.05 Å². The third kappa shape index (κ3) is 3.29. The Labute approximate surface area is 122 Å². The van der Waals surface area contributed by atoms with E-state index in [2.05, 4.69) is 10.5 Å². The fourth-order valence-corrected chi connectivity index (χ4v) is 2.56. The lowest BCUT2D eigenvalue weighted by Gasteiger charge is -2.29. The van der Waals surface area contributed by atoms with Crippen LogP contribution in [0.3, 0.4) is 0 Å². The van der Waals surface area contributed by atoms with E-state index in [-0.39, 0.29) is 11.2 Å². The van der Waals surface area contributed by atoms with Crippen LogP contribution in [0.25, 0.3) is 0 Å². The van der Waals surface area contributed by atoms with Crippen molar-refractivity contribution in [3.8, 4) is 0 Å². The summed E-state index contributed by atoms with van der Waals surface area (Å²) in [4.78, 5) is 35.1. The molecule has 0 aliphatic heterocycles. The highest BCUT2D eigenvalue weighted by Crippen LogP contribution is 2.31. The highest BCUT2D eigenvalue weighted by molar-refractivity contribution is 6.05. The molecule has 1 N–H and O–H groups in total. The second kappa shape index (κ2) is 5.31. The van der Waals surface area contributed by atoms with E-state index in [1.165, 1.54) is 17.7 Å². The van der Waals surface area contributed by atoms with Gasteiger partial charge in [-0.2, -0.15) is 5.10 Å². The van der Waals surface area contributed by atoms with E-state index in [0.717, 1.165) is 10.3 Å². The lowest BCUT2D eigenvalue weighted by Crippen LogP contribution is -2.37. The van der Waals surface area contributed by atoms with Crippen LogP contribution < -0.4 is 16.7 Å². The summed E-state index contributed by atoms with van der Waals surface area (Å²) >= 11 is 0. The van der Waals surface area contributed by atoms with Crippen LogP contribution in [0.5, 0.6) is 0 Å². The molecule has 1 heterocycles. The number of anilines is 1. The van der Waals surface area contributed by atoms with Crippen molar-refractivity contribution in [1.29, 1.82) is 0 Å². The Bertz CT molecular complexity index is 725. The van der Waals surface area contributed by atoms with Crippen LogP contribution in [-0.2, 0) is 18.9 Å². The Morgan fingerprint density at radius 1 is 1.14 bits per heavy atom. The van der Waals surface area contributed by atoms with Gasteiger partial charge in [-0.15, -0.1) is 0 Å². The number of hydrogen-bond donors (Lipinski definition) is 1. The molecule has 1 aromatic rings. The molecule has 1 saturated carbocycles. The van der Waals surface area contributed by atoms with Gasteiger partial charge in [0.1, 0.15) is 11.6 Å². The molecule has 0 aromatic carbocycles. The minimum Gasteiger partial charge on any atom is -0.299 e. The van der Waals surface area contributed by atoms with Crippen molar-refractivity contribution < 1.29 is 4.79 Å². The molecule has 21 heavy (non-hydrogen) atoms. The van der Waals surface area contributed by atoms with E-state index in [1.807, 2.05) is 13.8 Å². The van der Waals surface area contributed by atoms with Crippen molar-refractivity contribution in [2.45, 2.75) is 33.1 Å². The molecule has 1 aliphatic rings. The molecule has 0 amide bonds. The Balaban J connectivity index is 2.28. The molecular weight excluding hydrogens is 272 g/mol. The molecule has 2 rings (SSSR count). The summed E-state index contributed by atoms with van der Waals surface area (Å²) in [5, 5.41) is 4.21. The molecule has 7 heteroatoms. The van der Waals surface area contributed by atoms with Gasteiger partial charge in [-0.05, 0) is 11.8 Å². The fourth-order valence-electron chi connectivity index (χ4n) is 2.56. The first-order chi connectivity index (χ1) is 9.69.